The Morgan fingerprint density at radius 3 is 2.50 bits per heavy atom. The number of amides is 1. The fourth-order valence-electron chi connectivity index (χ4n) is 2.98. The minimum atomic E-state index is -0.285. The Morgan fingerprint density at radius 2 is 1.73 bits per heavy atom. The fraction of sp³-hybridized carbons (Fsp3) is 0.0833. The molecule has 2 aromatic carbocycles. The number of hydrogen-bond acceptors (Lipinski definition) is 5. The van der Waals surface area contributed by atoms with Gasteiger partial charge in [0.15, 0.2) is 5.82 Å². The standard InChI is InChI=1S/C24H21N5O/c1-17-8-7-12-19(14-17)27-22-15-21(24(30)26-16-20-11-5-6-13-25-20)28-23(29-22)18-9-3-2-4-10-18/h2-15H,16H2,1H3,(H,26,30)(H,27,28,29). The van der Waals surface area contributed by atoms with E-state index in [0.717, 1.165) is 22.5 Å². The molecule has 0 saturated carbocycles. The first kappa shape index (κ1) is 19.3. The third-order valence-corrected chi connectivity index (χ3v) is 4.44. The van der Waals surface area contributed by atoms with Gasteiger partial charge in [-0.2, -0.15) is 0 Å². The molecule has 0 aliphatic heterocycles. The number of anilines is 2. The minimum absolute atomic E-state index is 0.285. The lowest BCUT2D eigenvalue weighted by Crippen LogP contribution is -2.24. The number of rotatable bonds is 6. The van der Waals surface area contributed by atoms with Crippen molar-refractivity contribution in [2.75, 3.05) is 5.32 Å². The Balaban J connectivity index is 1.63. The first-order valence-corrected chi connectivity index (χ1v) is 9.64. The van der Waals surface area contributed by atoms with E-state index in [2.05, 4.69) is 25.6 Å². The van der Waals surface area contributed by atoms with Crippen LogP contribution in [0.4, 0.5) is 11.5 Å². The number of benzene rings is 2. The average molecular weight is 395 g/mol. The zero-order valence-electron chi connectivity index (χ0n) is 16.5. The molecule has 2 N–H and O–H groups in total. The van der Waals surface area contributed by atoms with E-state index in [9.17, 15) is 4.79 Å². The summed E-state index contributed by atoms with van der Waals surface area (Å²) in [6.45, 7) is 2.35. The first-order valence-electron chi connectivity index (χ1n) is 9.64. The maximum absolute atomic E-state index is 12.8. The average Bonchev–Trinajstić information content (AvgIpc) is 2.78. The van der Waals surface area contributed by atoms with Crippen molar-refractivity contribution in [2.24, 2.45) is 0 Å². The number of nitrogens with zero attached hydrogens (tertiary/aromatic N) is 3. The molecule has 0 aliphatic carbocycles. The smallest absolute Gasteiger partial charge is 0.270 e. The molecule has 0 fully saturated rings. The van der Waals surface area contributed by atoms with Crippen molar-refractivity contribution >= 4 is 17.4 Å². The van der Waals surface area contributed by atoms with Crippen LogP contribution in [-0.2, 0) is 6.54 Å². The zero-order chi connectivity index (χ0) is 20.8. The van der Waals surface area contributed by atoms with E-state index in [1.807, 2.05) is 79.7 Å². The second-order valence-electron chi connectivity index (χ2n) is 6.83. The van der Waals surface area contributed by atoms with Crippen LogP contribution in [0.15, 0.2) is 85.1 Å². The number of carbonyl (C=O) groups excluding carboxylic acids is 1. The zero-order valence-corrected chi connectivity index (χ0v) is 16.5. The number of aromatic nitrogens is 3. The predicted octanol–water partition coefficient (Wildman–Crippen LogP) is 4.52. The second-order valence-corrected chi connectivity index (χ2v) is 6.83. The first-order chi connectivity index (χ1) is 14.7. The Kier molecular flexibility index (Phi) is 5.75. The van der Waals surface area contributed by atoms with Gasteiger partial charge in [0.2, 0.25) is 0 Å². The molecule has 0 spiro atoms. The van der Waals surface area contributed by atoms with Crippen molar-refractivity contribution in [1.29, 1.82) is 0 Å². The van der Waals surface area contributed by atoms with Crippen LogP contribution in [0.2, 0.25) is 0 Å². The molecule has 1 amide bonds. The molecule has 4 aromatic rings. The minimum Gasteiger partial charge on any atom is -0.345 e. The Bertz CT molecular complexity index is 1150. The van der Waals surface area contributed by atoms with Crippen LogP contribution in [0.5, 0.6) is 0 Å². The van der Waals surface area contributed by atoms with Crippen molar-refractivity contribution in [2.45, 2.75) is 13.5 Å². The Morgan fingerprint density at radius 1 is 0.900 bits per heavy atom. The number of pyridine rings is 1. The van der Waals surface area contributed by atoms with Crippen LogP contribution in [0, 0.1) is 6.92 Å². The van der Waals surface area contributed by atoms with Crippen molar-refractivity contribution in [3.63, 3.8) is 0 Å². The van der Waals surface area contributed by atoms with Gasteiger partial charge in [-0.1, -0.05) is 48.5 Å². The monoisotopic (exact) mass is 395 g/mol. The third-order valence-electron chi connectivity index (χ3n) is 4.44. The van der Waals surface area contributed by atoms with E-state index in [1.54, 1.807) is 12.3 Å². The highest BCUT2D eigenvalue weighted by molar-refractivity contribution is 5.93. The normalized spacial score (nSPS) is 10.4. The molecule has 0 aliphatic rings. The summed E-state index contributed by atoms with van der Waals surface area (Å²) >= 11 is 0. The van der Waals surface area contributed by atoms with Crippen LogP contribution < -0.4 is 10.6 Å². The van der Waals surface area contributed by atoms with Crippen molar-refractivity contribution in [3.8, 4) is 11.4 Å². The number of nitrogens with one attached hydrogen (secondary N) is 2. The quantitative estimate of drug-likeness (QED) is 0.502. The molecule has 30 heavy (non-hydrogen) atoms. The van der Waals surface area contributed by atoms with Crippen LogP contribution >= 0.6 is 0 Å². The lowest BCUT2D eigenvalue weighted by Gasteiger charge is -2.11. The van der Waals surface area contributed by atoms with E-state index in [-0.39, 0.29) is 11.6 Å². The predicted molar refractivity (Wildman–Crippen MR) is 117 cm³/mol. The molecular formula is C24H21N5O. The summed E-state index contributed by atoms with van der Waals surface area (Å²) in [6, 6.07) is 24.8. The van der Waals surface area contributed by atoms with Crippen molar-refractivity contribution in [1.82, 2.24) is 20.3 Å². The van der Waals surface area contributed by atoms with Gasteiger partial charge in [0.05, 0.1) is 12.2 Å². The van der Waals surface area contributed by atoms with E-state index >= 15 is 0 Å². The maximum atomic E-state index is 12.8. The fourth-order valence-corrected chi connectivity index (χ4v) is 2.98. The summed E-state index contributed by atoms with van der Waals surface area (Å²) in [4.78, 5) is 26.1. The van der Waals surface area contributed by atoms with Gasteiger partial charge >= 0.3 is 0 Å². The lowest BCUT2D eigenvalue weighted by atomic mass is 10.2. The van der Waals surface area contributed by atoms with Gasteiger partial charge < -0.3 is 10.6 Å². The van der Waals surface area contributed by atoms with Crippen LogP contribution in [0.1, 0.15) is 21.7 Å². The molecule has 0 bridgehead atoms. The van der Waals surface area contributed by atoms with Gasteiger partial charge in [-0.15, -0.1) is 0 Å². The SMILES string of the molecule is Cc1cccc(Nc2cc(C(=O)NCc3ccccn3)nc(-c3ccccc3)n2)c1. The molecule has 2 aromatic heterocycles. The summed E-state index contributed by atoms with van der Waals surface area (Å²) in [5, 5.41) is 6.16. The van der Waals surface area contributed by atoms with Crippen molar-refractivity contribution in [3.05, 3.63) is 102 Å². The molecule has 0 radical (unpaired) electrons. The van der Waals surface area contributed by atoms with E-state index in [0.29, 0.717) is 18.2 Å². The molecule has 6 nitrogen and oxygen atoms in total. The maximum Gasteiger partial charge on any atom is 0.270 e. The van der Waals surface area contributed by atoms with Gasteiger partial charge in [-0.05, 0) is 36.8 Å². The molecule has 4 rings (SSSR count). The third kappa shape index (κ3) is 4.86. The topological polar surface area (TPSA) is 79.8 Å². The number of hydrogen-bond donors (Lipinski definition) is 2. The van der Waals surface area contributed by atoms with Crippen LogP contribution in [0.3, 0.4) is 0 Å². The van der Waals surface area contributed by atoms with Crippen LogP contribution in [-0.4, -0.2) is 20.9 Å². The lowest BCUT2D eigenvalue weighted by molar-refractivity contribution is 0.0945. The van der Waals surface area contributed by atoms with E-state index in [1.165, 1.54) is 0 Å². The van der Waals surface area contributed by atoms with Crippen LogP contribution in [0.25, 0.3) is 11.4 Å². The molecule has 148 valence electrons. The largest absolute Gasteiger partial charge is 0.345 e. The molecular weight excluding hydrogens is 374 g/mol. The Labute approximate surface area is 175 Å². The Hall–Kier alpha value is -4.06. The molecule has 2 heterocycles. The highest BCUT2D eigenvalue weighted by Crippen LogP contribution is 2.21. The molecule has 6 heteroatoms. The number of carbonyl (C=O) groups is 1. The summed E-state index contributed by atoms with van der Waals surface area (Å²) in [5.41, 5.74) is 3.93. The second kappa shape index (κ2) is 8.96. The summed E-state index contributed by atoms with van der Waals surface area (Å²) in [5.74, 6) is 0.751. The highest BCUT2D eigenvalue weighted by atomic mass is 16.1. The van der Waals surface area contributed by atoms with Gasteiger partial charge in [0.1, 0.15) is 11.5 Å². The summed E-state index contributed by atoms with van der Waals surface area (Å²) < 4.78 is 0. The molecule has 0 saturated heterocycles. The molecule has 0 atom stereocenters. The van der Waals surface area contributed by atoms with E-state index in [4.69, 9.17) is 0 Å². The summed E-state index contributed by atoms with van der Waals surface area (Å²) in [6.07, 6.45) is 1.70. The highest BCUT2D eigenvalue weighted by Gasteiger charge is 2.13. The van der Waals surface area contributed by atoms with Gasteiger partial charge in [0.25, 0.3) is 5.91 Å². The van der Waals surface area contributed by atoms with Gasteiger partial charge in [-0.3, -0.25) is 9.78 Å². The molecule has 0 unspecified atom stereocenters. The van der Waals surface area contributed by atoms with Crippen molar-refractivity contribution < 1.29 is 4.79 Å². The van der Waals surface area contributed by atoms with Gasteiger partial charge in [-0.25, -0.2) is 9.97 Å². The van der Waals surface area contributed by atoms with Gasteiger partial charge in [0, 0.05) is 23.5 Å². The summed E-state index contributed by atoms with van der Waals surface area (Å²) in [7, 11) is 0. The van der Waals surface area contributed by atoms with E-state index < -0.39 is 0 Å². The number of aryl methyl sites for hydroxylation is 1.